The van der Waals surface area contributed by atoms with Crippen LogP contribution in [-0.4, -0.2) is 18.2 Å². The van der Waals surface area contributed by atoms with Gasteiger partial charge in [-0.1, -0.05) is 17.7 Å². The molecule has 14 heavy (non-hydrogen) atoms. The van der Waals surface area contributed by atoms with Crippen molar-refractivity contribution in [1.29, 1.82) is 0 Å². The highest BCUT2D eigenvalue weighted by atomic mass is 35.5. The Kier molecular flexibility index (Phi) is 2.94. The third kappa shape index (κ3) is 2.02. The average molecular weight is 212 g/mol. The lowest BCUT2D eigenvalue weighted by Gasteiger charge is -2.23. The summed E-state index contributed by atoms with van der Waals surface area (Å²) >= 11 is 5.78. The summed E-state index contributed by atoms with van der Waals surface area (Å²) in [6.07, 6.45) is 2.31. The van der Waals surface area contributed by atoms with E-state index in [9.17, 15) is 5.11 Å². The number of aromatic hydroxyl groups is 1. The fourth-order valence-corrected chi connectivity index (χ4v) is 2.15. The number of piperidine rings is 1. The van der Waals surface area contributed by atoms with Crippen molar-refractivity contribution in [2.24, 2.45) is 0 Å². The molecule has 0 radical (unpaired) electrons. The van der Waals surface area contributed by atoms with E-state index in [1.165, 1.54) is 6.42 Å². The van der Waals surface area contributed by atoms with Crippen LogP contribution in [-0.2, 0) is 0 Å². The monoisotopic (exact) mass is 211 g/mol. The molecular weight excluding hydrogens is 198 g/mol. The Hall–Kier alpha value is -0.730. The highest BCUT2D eigenvalue weighted by Gasteiger charge is 2.17. The number of nitrogens with one attached hydrogen (secondary N) is 1. The summed E-state index contributed by atoms with van der Waals surface area (Å²) in [5.74, 6) is 0.757. The molecule has 2 rings (SSSR count). The highest BCUT2D eigenvalue weighted by molar-refractivity contribution is 6.30. The Labute approximate surface area is 88.9 Å². The van der Waals surface area contributed by atoms with Crippen molar-refractivity contribution in [3.8, 4) is 5.75 Å². The Balaban J connectivity index is 2.22. The number of benzene rings is 1. The molecule has 1 saturated heterocycles. The zero-order valence-corrected chi connectivity index (χ0v) is 8.72. The standard InChI is InChI=1S/C11H14ClNO/c12-9-3-4-10(11(14)6-9)8-2-1-5-13-7-8/h3-4,6,8,13-14H,1-2,5,7H2/t8-/m1/s1. The Morgan fingerprint density at radius 1 is 1.43 bits per heavy atom. The van der Waals surface area contributed by atoms with Gasteiger partial charge >= 0.3 is 0 Å². The molecule has 1 aliphatic heterocycles. The van der Waals surface area contributed by atoms with Crippen LogP contribution in [0.5, 0.6) is 5.75 Å². The van der Waals surface area contributed by atoms with E-state index in [1.807, 2.05) is 12.1 Å². The van der Waals surface area contributed by atoms with Crippen LogP contribution in [0.15, 0.2) is 18.2 Å². The van der Waals surface area contributed by atoms with Crippen LogP contribution in [0.1, 0.15) is 24.3 Å². The van der Waals surface area contributed by atoms with Crippen LogP contribution in [0.3, 0.4) is 0 Å². The molecule has 3 heteroatoms. The normalized spacial score (nSPS) is 22.2. The van der Waals surface area contributed by atoms with Gasteiger partial charge < -0.3 is 10.4 Å². The first-order valence-corrected chi connectivity index (χ1v) is 5.34. The highest BCUT2D eigenvalue weighted by Crippen LogP contribution is 2.32. The van der Waals surface area contributed by atoms with E-state index in [2.05, 4.69) is 5.32 Å². The van der Waals surface area contributed by atoms with E-state index < -0.39 is 0 Å². The third-order valence-corrected chi connectivity index (χ3v) is 2.96. The van der Waals surface area contributed by atoms with Crippen molar-refractivity contribution in [3.63, 3.8) is 0 Å². The molecule has 0 aromatic heterocycles. The minimum Gasteiger partial charge on any atom is -0.508 e. The summed E-state index contributed by atoms with van der Waals surface area (Å²) in [5.41, 5.74) is 1.02. The van der Waals surface area contributed by atoms with Crippen LogP contribution in [0.2, 0.25) is 5.02 Å². The zero-order chi connectivity index (χ0) is 9.97. The summed E-state index contributed by atoms with van der Waals surface area (Å²) in [6.45, 7) is 2.04. The predicted molar refractivity (Wildman–Crippen MR) is 58.0 cm³/mol. The van der Waals surface area contributed by atoms with Crippen molar-refractivity contribution in [2.75, 3.05) is 13.1 Å². The molecule has 0 bridgehead atoms. The van der Waals surface area contributed by atoms with E-state index in [0.717, 1.165) is 25.1 Å². The smallest absolute Gasteiger partial charge is 0.120 e. The van der Waals surface area contributed by atoms with Gasteiger partial charge in [0.25, 0.3) is 0 Å². The van der Waals surface area contributed by atoms with Gasteiger partial charge in [-0.3, -0.25) is 0 Å². The number of rotatable bonds is 1. The summed E-state index contributed by atoms with van der Waals surface area (Å²) < 4.78 is 0. The van der Waals surface area contributed by atoms with E-state index in [1.54, 1.807) is 6.07 Å². The topological polar surface area (TPSA) is 32.3 Å². The van der Waals surface area contributed by atoms with Gasteiger partial charge in [-0.25, -0.2) is 0 Å². The summed E-state index contributed by atoms with van der Waals surface area (Å²) in [5, 5.41) is 13.7. The van der Waals surface area contributed by atoms with E-state index >= 15 is 0 Å². The minimum absolute atomic E-state index is 0.325. The number of phenolic OH excluding ortho intramolecular Hbond substituents is 1. The quantitative estimate of drug-likeness (QED) is 0.748. The molecule has 1 aromatic carbocycles. The van der Waals surface area contributed by atoms with Gasteiger partial charge in [0.1, 0.15) is 5.75 Å². The summed E-state index contributed by atoms with van der Waals surface area (Å²) in [4.78, 5) is 0. The molecular formula is C11H14ClNO. The van der Waals surface area contributed by atoms with Crippen LogP contribution >= 0.6 is 11.6 Å². The molecule has 2 nitrogen and oxygen atoms in total. The lowest BCUT2D eigenvalue weighted by Crippen LogP contribution is -2.28. The number of halogens is 1. The maximum absolute atomic E-state index is 9.73. The van der Waals surface area contributed by atoms with Crippen molar-refractivity contribution < 1.29 is 5.11 Å². The fraction of sp³-hybridized carbons (Fsp3) is 0.455. The SMILES string of the molecule is Oc1cc(Cl)ccc1[C@@H]1CCCNC1. The number of hydrogen-bond donors (Lipinski definition) is 2. The van der Waals surface area contributed by atoms with Crippen molar-refractivity contribution in [1.82, 2.24) is 5.32 Å². The average Bonchev–Trinajstić information content (AvgIpc) is 2.19. The lowest BCUT2D eigenvalue weighted by atomic mass is 9.91. The second-order valence-electron chi connectivity index (χ2n) is 3.75. The zero-order valence-electron chi connectivity index (χ0n) is 7.96. The van der Waals surface area contributed by atoms with Gasteiger partial charge in [0.2, 0.25) is 0 Å². The van der Waals surface area contributed by atoms with Gasteiger partial charge in [-0.15, -0.1) is 0 Å². The molecule has 76 valence electrons. The Morgan fingerprint density at radius 2 is 2.29 bits per heavy atom. The van der Waals surface area contributed by atoms with E-state index in [-0.39, 0.29) is 0 Å². The van der Waals surface area contributed by atoms with Crippen molar-refractivity contribution in [2.45, 2.75) is 18.8 Å². The maximum atomic E-state index is 9.73. The van der Waals surface area contributed by atoms with E-state index in [4.69, 9.17) is 11.6 Å². The molecule has 0 amide bonds. The molecule has 0 saturated carbocycles. The second-order valence-corrected chi connectivity index (χ2v) is 4.18. The maximum Gasteiger partial charge on any atom is 0.120 e. The second kappa shape index (κ2) is 4.20. The Morgan fingerprint density at radius 3 is 2.93 bits per heavy atom. The van der Waals surface area contributed by atoms with Crippen LogP contribution in [0.4, 0.5) is 0 Å². The number of phenols is 1. The van der Waals surface area contributed by atoms with Gasteiger partial charge in [-0.2, -0.15) is 0 Å². The van der Waals surface area contributed by atoms with E-state index in [0.29, 0.717) is 16.7 Å². The molecule has 1 aliphatic rings. The van der Waals surface area contributed by atoms with Gasteiger partial charge in [0, 0.05) is 17.5 Å². The molecule has 1 fully saturated rings. The van der Waals surface area contributed by atoms with Crippen molar-refractivity contribution >= 4 is 11.6 Å². The Bertz CT molecular complexity index is 321. The molecule has 0 unspecified atom stereocenters. The van der Waals surface area contributed by atoms with Gasteiger partial charge in [-0.05, 0) is 37.1 Å². The molecule has 1 atom stereocenters. The number of hydrogen-bond acceptors (Lipinski definition) is 2. The first-order chi connectivity index (χ1) is 6.77. The first-order valence-electron chi connectivity index (χ1n) is 4.96. The van der Waals surface area contributed by atoms with Gasteiger partial charge in [0.15, 0.2) is 0 Å². The largest absolute Gasteiger partial charge is 0.508 e. The molecule has 0 spiro atoms. The predicted octanol–water partition coefficient (Wildman–Crippen LogP) is 2.51. The van der Waals surface area contributed by atoms with Crippen LogP contribution in [0.25, 0.3) is 0 Å². The van der Waals surface area contributed by atoms with Gasteiger partial charge in [0.05, 0.1) is 0 Å². The van der Waals surface area contributed by atoms with Crippen molar-refractivity contribution in [3.05, 3.63) is 28.8 Å². The first kappa shape index (κ1) is 9.81. The third-order valence-electron chi connectivity index (χ3n) is 2.73. The molecule has 1 aromatic rings. The van der Waals surface area contributed by atoms with Crippen LogP contribution in [0, 0.1) is 0 Å². The fourth-order valence-electron chi connectivity index (χ4n) is 1.98. The summed E-state index contributed by atoms with van der Waals surface area (Å²) in [6, 6.07) is 5.38. The lowest BCUT2D eigenvalue weighted by molar-refractivity contribution is 0.425. The minimum atomic E-state index is 0.325. The summed E-state index contributed by atoms with van der Waals surface area (Å²) in [7, 11) is 0. The van der Waals surface area contributed by atoms with Crippen LogP contribution < -0.4 is 5.32 Å². The molecule has 2 N–H and O–H groups in total. The molecule has 0 aliphatic carbocycles. The molecule has 1 heterocycles.